The van der Waals surface area contributed by atoms with Crippen molar-refractivity contribution in [3.05, 3.63) is 17.9 Å². The van der Waals surface area contributed by atoms with Crippen LogP contribution >= 0.6 is 0 Å². The van der Waals surface area contributed by atoms with Gasteiger partial charge in [0, 0.05) is 26.2 Å². The van der Waals surface area contributed by atoms with Crippen molar-refractivity contribution < 1.29 is 17.6 Å². The second-order valence-corrected chi connectivity index (χ2v) is 8.84. The highest BCUT2D eigenvalue weighted by Gasteiger charge is 2.33. The average molecular weight is 354 g/mol. The maximum atomic E-state index is 12.7. The molecule has 2 fully saturated rings. The molecule has 2 atom stereocenters. The molecule has 1 aromatic rings. The van der Waals surface area contributed by atoms with Crippen LogP contribution in [0.25, 0.3) is 0 Å². The summed E-state index contributed by atoms with van der Waals surface area (Å²) < 4.78 is 31.9. The standard InChI is InChI=1S/C17H26N2O4S/c1-13-7-3-4-8-14(13)18(2)17(20)15-9-10-16(23-15)24(21,22)19-11-5-6-12-19/h9-10,13-14H,3-8,11-12H2,1-2H3/t13-,14-/m0/s1. The lowest BCUT2D eigenvalue weighted by molar-refractivity contribution is 0.0592. The highest BCUT2D eigenvalue weighted by molar-refractivity contribution is 7.89. The normalized spacial score (nSPS) is 25.8. The molecule has 1 amide bonds. The SMILES string of the molecule is C[C@H]1CCCC[C@@H]1N(C)C(=O)c1ccc(S(=O)(=O)N2CCCC2)o1. The van der Waals surface area contributed by atoms with E-state index in [1.807, 2.05) is 0 Å². The van der Waals surface area contributed by atoms with E-state index in [4.69, 9.17) is 4.42 Å². The number of rotatable bonds is 4. The minimum absolute atomic E-state index is 0.105. The van der Waals surface area contributed by atoms with Crippen LogP contribution < -0.4 is 0 Å². The molecule has 3 rings (SSSR count). The second-order valence-electron chi connectivity index (χ2n) is 6.98. The zero-order valence-corrected chi connectivity index (χ0v) is 15.2. The Labute approximate surface area is 143 Å². The van der Waals surface area contributed by atoms with Gasteiger partial charge in [0.05, 0.1) is 0 Å². The first-order valence-electron chi connectivity index (χ1n) is 8.78. The van der Waals surface area contributed by atoms with Crippen molar-refractivity contribution in [2.45, 2.75) is 56.6 Å². The van der Waals surface area contributed by atoms with Crippen LogP contribution in [-0.2, 0) is 10.0 Å². The van der Waals surface area contributed by atoms with Crippen LogP contribution in [0.1, 0.15) is 56.0 Å². The molecule has 134 valence electrons. The van der Waals surface area contributed by atoms with Crippen LogP contribution in [0.2, 0.25) is 0 Å². The predicted molar refractivity (Wildman–Crippen MR) is 90.2 cm³/mol. The fraction of sp³-hybridized carbons (Fsp3) is 0.706. The molecule has 2 aliphatic rings. The summed E-state index contributed by atoms with van der Waals surface area (Å²) in [5.41, 5.74) is 0. The lowest BCUT2D eigenvalue weighted by Crippen LogP contribution is -2.42. The number of carbonyl (C=O) groups excluding carboxylic acids is 1. The van der Waals surface area contributed by atoms with Crippen molar-refractivity contribution in [1.29, 1.82) is 0 Å². The van der Waals surface area contributed by atoms with E-state index in [2.05, 4.69) is 6.92 Å². The molecule has 1 saturated carbocycles. The quantitative estimate of drug-likeness (QED) is 0.833. The van der Waals surface area contributed by atoms with E-state index < -0.39 is 10.0 Å². The zero-order chi connectivity index (χ0) is 17.3. The molecule has 0 aromatic carbocycles. The topological polar surface area (TPSA) is 70.8 Å². The smallest absolute Gasteiger partial charge is 0.289 e. The van der Waals surface area contributed by atoms with Gasteiger partial charge < -0.3 is 9.32 Å². The van der Waals surface area contributed by atoms with Crippen LogP contribution in [0.15, 0.2) is 21.6 Å². The Morgan fingerprint density at radius 1 is 1.17 bits per heavy atom. The van der Waals surface area contributed by atoms with Gasteiger partial charge in [-0.05, 0) is 43.7 Å². The van der Waals surface area contributed by atoms with Gasteiger partial charge in [-0.3, -0.25) is 4.79 Å². The molecule has 1 aromatic heterocycles. The van der Waals surface area contributed by atoms with Crippen LogP contribution in [-0.4, -0.2) is 49.7 Å². The molecule has 0 radical (unpaired) electrons. The van der Waals surface area contributed by atoms with E-state index in [1.54, 1.807) is 11.9 Å². The summed E-state index contributed by atoms with van der Waals surface area (Å²) in [5.74, 6) is 0.320. The number of nitrogens with zero attached hydrogens (tertiary/aromatic N) is 2. The van der Waals surface area contributed by atoms with E-state index in [1.165, 1.54) is 22.9 Å². The summed E-state index contributed by atoms with van der Waals surface area (Å²) in [6.45, 7) is 3.20. The summed E-state index contributed by atoms with van der Waals surface area (Å²) in [5, 5.41) is -0.127. The van der Waals surface area contributed by atoms with E-state index in [0.717, 1.165) is 32.1 Å². The Morgan fingerprint density at radius 2 is 1.83 bits per heavy atom. The summed E-state index contributed by atoms with van der Waals surface area (Å²) in [7, 11) is -1.83. The highest BCUT2D eigenvalue weighted by Crippen LogP contribution is 2.29. The minimum atomic E-state index is -3.62. The van der Waals surface area contributed by atoms with Crippen molar-refractivity contribution in [1.82, 2.24) is 9.21 Å². The third-order valence-electron chi connectivity index (χ3n) is 5.34. The first-order chi connectivity index (χ1) is 11.4. The van der Waals surface area contributed by atoms with Gasteiger partial charge in [-0.1, -0.05) is 19.8 Å². The molecule has 0 N–H and O–H groups in total. The maximum Gasteiger partial charge on any atom is 0.289 e. The van der Waals surface area contributed by atoms with Gasteiger partial charge in [0.2, 0.25) is 5.09 Å². The molecule has 0 spiro atoms. The van der Waals surface area contributed by atoms with E-state index >= 15 is 0 Å². The first-order valence-corrected chi connectivity index (χ1v) is 10.2. The molecule has 1 aliphatic heterocycles. The monoisotopic (exact) mass is 354 g/mol. The summed E-state index contributed by atoms with van der Waals surface area (Å²) in [6.07, 6.45) is 6.18. The molecule has 2 heterocycles. The summed E-state index contributed by atoms with van der Waals surface area (Å²) in [4.78, 5) is 14.4. The molecular formula is C17H26N2O4S. The number of furan rings is 1. The zero-order valence-electron chi connectivity index (χ0n) is 14.4. The lowest BCUT2D eigenvalue weighted by atomic mass is 9.85. The molecule has 24 heavy (non-hydrogen) atoms. The van der Waals surface area contributed by atoms with Crippen molar-refractivity contribution >= 4 is 15.9 Å². The average Bonchev–Trinajstić information content (AvgIpc) is 3.26. The van der Waals surface area contributed by atoms with Gasteiger partial charge in [0.1, 0.15) is 0 Å². The summed E-state index contributed by atoms with van der Waals surface area (Å²) >= 11 is 0. The Morgan fingerprint density at radius 3 is 2.50 bits per heavy atom. The number of amides is 1. The molecule has 0 unspecified atom stereocenters. The molecule has 1 saturated heterocycles. The third kappa shape index (κ3) is 3.24. The van der Waals surface area contributed by atoms with Crippen molar-refractivity contribution in [2.75, 3.05) is 20.1 Å². The molecule has 7 heteroatoms. The van der Waals surface area contributed by atoms with Crippen LogP contribution in [0.3, 0.4) is 0 Å². The number of hydrogen-bond acceptors (Lipinski definition) is 4. The Bertz CT molecular complexity index is 691. The fourth-order valence-corrected chi connectivity index (χ4v) is 5.25. The van der Waals surface area contributed by atoms with Gasteiger partial charge >= 0.3 is 0 Å². The van der Waals surface area contributed by atoms with E-state index in [-0.39, 0.29) is 22.8 Å². The van der Waals surface area contributed by atoms with E-state index in [0.29, 0.717) is 19.0 Å². The minimum Gasteiger partial charge on any atom is -0.438 e. The maximum absolute atomic E-state index is 12.7. The molecule has 6 nitrogen and oxygen atoms in total. The first kappa shape index (κ1) is 17.5. The number of hydrogen-bond donors (Lipinski definition) is 0. The predicted octanol–water partition coefficient (Wildman–Crippen LogP) is 2.71. The van der Waals surface area contributed by atoms with Gasteiger partial charge in [-0.25, -0.2) is 8.42 Å². The molecule has 1 aliphatic carbocycles. The second kappa shape index (κ2) is 6.88. The van der Waals surface area contributed by atoms with Crippen LogP contribution in [0, 0.1) is 5.92 Å². The van der Waals surface area contributed by atoms with Gasteiger partial charge in [-0.2, -0.15) is 4.31 Å². The van der Waals surface area contributed by atoms with Gasteiger partial charge in [0.25, 0.3) is 15.9 Å². The van der Waals surface area contributed by atoms with Crippen LogP contribution in [0.5, 0.6) is 0 Å². The largest absolute Gasteiger partial charge is 0.438 e. The molecule has 0 bridgehead atoms. The number of carbonyl (C=O) groups is 1. The van der Waals surface area contributed by atoms with Crippen LogP contribution in [0.4, 0.5) is 0 Å². The van der Waals surface area contributed by atoms with Gasteiger partial charge in [-0.15, -0.1) is 0 Å². The Balaban J connectivity index is 1.76. The Kier molecular flexibility index (Phi) is 5.01. The van der Waals surface area contributed by atoms with Crippen molar-refractivity contribution in [3.8, 4) is 0 Å². The fourth-order valence-electron chi connectivity index (χ4n) is 3.83. The van der Waals surface area contributed by atoms with Crippen molar-refractivity contribution in [2.24, 2.45) is 5.92 Å². The van der Waals surface area contributed by atoms with E-state index in [9.17, 15) is 13.2 Å². The number of sulfonamides is 1. The van der Waals surface area contributed by atoms with Crippen molar-refractivity contribution in [3.63, 3.8) is 0 Å². The third-order valence-corrected chi connectivity index (χ3v) is 7.11. The van der Waals surface area contributed by atoms with Gasteiger partial charge in [0.15, 0.2) is 5.76 Å². The lowest BCUT2D eigenvalue weighted by Gasteiger charge is -2.35. The molecular weight excluding hydrogens is 328 g/mol. The Hall–Kier alpha value is -1.34. The summed E-state index contributed by atoms with van der Waals surface area (Å²) in [6, 6.07) is 3.07. The highest BCUT2D eigenvalue weighted by atomic mass is 32.2.